The number of halogens is 4. The van der Waals surface area contributed by atoms with Crippen molar-refractivity contribution in [1.82, 2.24) is 10.3 Å². The summed E-state index contributed by atoms with van der Waals surface area (Å²) in [5.41, 5.74) is -0.0869. The van der Waals surface area contributed by atoms with E-state index in [1.54, 1.807) is 0 Å². The molecule has 0 radical (unpaired) electrons. The van der Waals surface area contributed by atoms with E-state index in [2.05, 4.69) is 15.6 Å². The number of alkyl halides is 3. The lowest BCUT2D eigenvalue weighted by molar-refractivity contribution is -0.141. The Morgan fingerprint density at radius 3 is 2.62 bits per heavy atom. The molecular formula is C9H11ClF3N3. The average molecular weight is 254 g/mol. The van der Waals surface area contributed by atoms with E-state index in [4.69, 9.17) is 0 Å². The Morgan fingerprint density at radius 1 is 1.19 bits per heavy atom. The molecule has 16 heavy (non-hydrogen) atoms. The molecule has 7 heteroatoms. The quantitative estimate of drug-likeness (QED) is 0.743. The van der Waals surface area contributed by atoms with Crippen molar-refractivity contribution in [2.45, 2.75) is 12.7 Å². The summed E-state index contributed by atoms with van der Waals surface area (Å²) < 4.78 is 37.1. The molecular weight excluding hydrogens is 243 g/mol. The predicted molar refractivity (Wildman–Crippen MR) is 56.7 cm³/mol. The number of anilines is 1. The standard InChI is InChI=1S/C9H10F3N3.ClH/c10-9(11,12)7-2-1-6-5-13-3-4-14-8(6)15-7;/h1-2,13H,3-5H2,(H,14,15);1H. The molecule has 0 saturated carbocycles. The van der Waals surface area contributed by atoms with Crippen LogP contribution in [0.2, 0.25) is 0 Å². The molecule has 3 nitrogen and oxygen atoms in total. The highest BCUT2D eigenvalue weighted by molar-refractivity contribution is 5.85. The van der Waals surface area contributed by atoms with Gasteiger partial charge in [-0.25, -0.2) is 4.98 Å². The molecule has 0 unspecified atom stereocenters. The molecule has 2 rings (SSSR count). The monoisotopic (exact) mass is 253 g/mol. The number of hydrogen-bond donors (Lipinski definition) is 2. The zero-order valence-electron chi connectivity index (χ0n) is 8.27. The molecule has 0 fully saturated rings. The molecule has 1 aromatic rings. The Bertz CT molecular complexity index is 368. The molecule has 0 aliphatic carbocycles. The summed E-state index contributed by atoms with van der Waals surface area (Å²) in [6.45, 7) is 1.85. The minimum Gasteiger partial charge on any atom is -0.369 e. The Morgan fingerprint density at radius 2 is 1.94 bits per heavy atom. The molecule has 2 N–H and O–H groups in total. The first-order chi connectivity index (χ1) is 7.07. The second-order valence-corrected chi connectivity index (χ2v) is 3.31. The molecule has 0 atom stereocenters. The van der Waals surface area contributed by atoms with Crippen LogP contribution in [-0.2, 0) is 12.7 Å². The van der Waals surface area contributed by atoms with E-state index in [1.165, 1.54) is 6.07 Å². The van der Waals surface area contributed by atoms with Gasteiger partial charge in [0.2, 0.25) is 0 Å². The second kappa shape index (κ2) is 4.88. The molecule has 1 aliphatic heterocycles. The molecule has 1 aliphatic rings. The van der Waals surface area contributed by atoms with Crippen molar-refractivity contribution in [2.24, 2.45) is 0 Å². The first-order valence-corrected chi connectivity index (χ1v) is 4.59. The highest BCUT2D eigenvalue weighted by Gasteiger charge is 2.33. The van der Waals surface area contributed by atoms with Crippen molar-refractivity contribution < 1.29 is 13.2 Å². The first kappa shape index (κ1) is 13.1. The normalized spacial score (nSPS) is 15.4. The third-order valence-corrected chi connectivity index (χ3v) is 2.18. The molecule has 0 amide bonds. The van der Waals surface area contributed by atoms with E-state index < -0.39 is 11.9 Å². The Kier molecular flexibility index (Phi) is 3.98. The van der Waals surface area contributed by atoms with Gasteiger partial charge >= 0.3 is 6.18 Å². The number of nitrogens with one attached hydrogen (secondary N) is 2. The number of nitrogens with zero attached hydrogens (tertiary/aromatic N) is 1. The average Bonchev–Trinajstić information content (AvgIpc) is 2.39. The van der Waals surface area contributed by atoms with Gasteiger partial charge in [0.15, 0.2) is 0 Å². The minimum atomic E-state index is -4.38. The van der Waals surface area contributed by atoms with E-state index in [1.807, 2.05) is 0 Å². The van der Waals surface area contributed by atoms with Gasteiger partial charge in [-0.2, -0.15) is 13.2 Å². The number of rotatable bonds is 0. The first-order valence-electron chi connectivity index (χ1n) is 4.59. The Labute approximate surface area is 96.9 Å². The van der Waals surface area contributed by atoms with Crippen LogP contribution in [0.4, 0.5) is 19.0 Å². The summed E-state index contributed by atoms with van der Waals surface area (Å²) in [4.78, 5) is 3.57. The summed E-state index contributed by atoms with van der Waals surface area (Å²) in [5.74, 6) is 0.329. The lowest BCUT2D eigenvalue weighted by Gasteiger charge is -2.10. The third kappa shape index (κ3) is 2.76. The van der Waals surface area contributed by atoms with E-state index in [0.717, 1.165) is 18.2 Å². The van der Waals surface area contributed by atoms with Crippen molar-refractivity contribution >= 4 is 18.2 Å². The maximum Gasteiger partial charge on any atom is 0.433 e. The molecule has 1 aromatic heterocycles. The maximum atomic E-state index is 12.4. The van der Waals surface area contributed by atoms with Crippen LogP contribution < -0.4 is 10.6 Å². The maximum absolute atomic E-state index is 12.4. The van der Waals surface area contributed by atoms with Crippen molar-refractivity contribution in [1.29, 1.82) is 0 Å². The van der Waals surface area contributed by atoms with E-state index in [9.17, 15) is 13.2 Å². The predicted octanol–water partition coefficient (Wildman–Crippen LogP) is 2.04. The van der Waals surface area contributed by atoms with Gasteiger partial charge in [-0.1, -0.05) is 6.07 Å². The largest absolute Gasteiger partial charge is 0.433 e. The Balaban J connectivity index is 0.00000128. The summed E-state index contributed by atoms with van der Waals surface area (Å²) in [6.07, 6.45) is -4.38. The molecule has 0 saturated heterocycles. The summed E-state index contributed by atoms with van der Waals surface area (Å²) >= 11 is 0. The zero-order valence-corrected chi connectivity index (χ0v) is 9.08. The fourth-order valence-corrected chi connectivity index (χ4v) is 1.43. The van der Waals surface area contributed by atoms with Crippen molar-refractivity contribution in [3.63, 3.8) is 0 Å². The van der Waals surface area contributed by atoms with Gasteiger partial charge in [0, 0.05) is 25.2 Å². The lowest BCUT2D eigenvalue weighted by atomic mass is 10.2. The molecule has 0 bridgehead atoms. The zero-order chi connectivity index (χ0) is 10.9. The summed E-state index contributed by atoms with van der Waals surface area (Å²) in [6, 6.07) is 2.46. The number of aromatic nitrogens is 1. The second-order valence-electron chi connectivity index (χ2n) is 3.31. The van der Waals surface area contributed by atoms with Crippen LogP contribution in [0.25, 0.3) is 0 Å². The summed E-state index contributed by atoms with van der Waals surface area (Å²) in [7, 11) is 0. The molecule has 0 spiro atoms. The van der Waals surface area contributed by atoms with Crippen LogP contribution in [0.15, 0.2) is 12.1 Å². The van der Waals surface area contributed by atoms with Crippen LogP contribution in [0, 0.1) is 0 Å². The minimum absolute atomic E-state index is 0. The lowest BCUT2D eigenvalue weighted by Crippen LogP contribution is -2.16. The van der Waals surface area contributed by atoms with Crippen LogP contribution in [0.1, 0.15) is 11.3 Å². The third-order valence-electron chi connectivity index (χ3n) is 2.18. The number of fused-ring (bicyclic) bond motifs is 1. The fourth-order valence-electron chi connectivity index (χ4n) is 1.43. The number of hydrogen-bond acceptors (Lipinski definition) is 3. The van der Waals surface area contributed by atoms with Crippen LogP contribution in [0.5, 0.6) is 0 Å². The number of pyridine rings is 1. The van der Waals surface area contributed by atoms with Gasteiger partial charge in [-0.15, -0.1) is 12.4 Å². The van der Waals surface area contributed by atoms with Crippen molar-refractivity contribution in [2.75, 3.05) is 18.4 Å². The van der Waals surface area contributed by atoms with Crippen molar-refractivity contribution in [3.8, 4) is 0 Å². The summed E-state index contributed by atoms with van der Waals surface area (Å²) in [5, 5.41) is 5.94. The van der Waals surface area contributed by atoms with Crippen LogP contribution in [-0.4, -0.2) is 18.1 Å². The van der Waals surface area contributed by atoms with Gasteiger partial charge in [0.1, 0.15) is 11.5 Å². The van der Waals surface area contributed by atoms with E-state index >= 15 is 0 Å². The van der Waals surface area contributed by atoms with Crippen LogP contribution >= 0.6 is 12.4 Å². The molecule has 0 aromatic carbocycles. The SMILES string of the molecule is Cl.FC(F)(F)c1ccc2c(n1)NCCNC2. The van der Waals surface area contributed by atoms with Crippen molar-refractivity contribution in [3.05, 3.63) is 23.4 Å². The molecule has 90 valence electrons. The Hall–Kier alpha value is -1.01. The van der Waals surface area contributed by atoms with Gasteiger partial charge in [0.05, 0.1) is 0 Å². The fraction of sp³-hybridized carbons (Fsp3) is 0.444. The van der Waals surface area contributed by atoms with Gasteiger partial charge in [-0.05, 0) is 6.07 Å². The molecule has 2 heterocycles. The van der Waals surface area contributed by atoms with Crippen LogP contribution in [0.3, 0.4) is 0 Å². The van der Waals surface area contributed by atoms with E-state index in [-0.39, 0.29) is 12.4 Å². The highest BCUT2D eigenvalue weighted by Crippen LogP contribution is 2.29. The topological polar surface area (TPSA) is 37.0 Å². The smallest absolute Gasteiger partial charge is 0.369 e. The van der Waals surface area contributed by atoms with E-state index in [0.29, 0.717) is 18.9 Å². The van der Waals surface area contributed by atoms with Gasteiger partial charge in [-0.3, -0.25) is 0 Å². The van der Waals surface area contributed by atoms with Gasteiger partial charge in [0.25, 0.3) is 0 Å². The van der Waals surface area contributed by atoms with Gasteiger partial charge < -0.3 is 10.6 Å². The highest BCUT2D eigenvalue weighted by atomic mass is 35.5.